The number of carbonyl (C=O) groups excluding carboxylic acids is 2. The maximum absolute atomic E-state index is 12.3. The molecule has 0 saturated carbocycles. The highest BCUT2D eigenvalue weighted by molar-refractivity contribution is 6.00. The summed E-state index contributed by atoms with van der Waals surface area (Å²) in [6.45, 7) is 0.111. The Bertz CT molecular complexity index is 554. The lowest BCUT2D eigenvalue weighted by Crippen LogP contribution is -2.48. The van der Waals surface area contributed by atoms with Crippen molar-refractivity contribution < 1.29 is 48.6 Å². The second kappa shape index (κ2) is 10.8. The Hall–Kier alpha value is -1.88. The van der Waals surface area contributed by atoms with Crippen molar-refractivity contribution in [2.45, 2.75) is 31.5 Å². The van der Waals surface area contributed by atoms with E-state index >= 15 is 0 Å². The lowest BCUT2D eigenvalue weighted by molar-refractivity contribution is -0.873. The van der Waals surface area contributed by atoms with E-state index in [0.717, 1.165) is 0 Å². The zero-order valence-corrected chi connectivity index (χ0v) is 18.2. The molecule has 0 aliphatic rings. The number of carbonyl (C=O) groups is 4. The van der Waals surface area contributed by atoms with Gasteiger partial charge in [0.25, 0.3) is 0 Å². The Morgan fingerprint density at radius 1 is 0.655 bits per heavy atom. The lowest BCUT2D eigenvalue weighted by atomic mass is 9.90. The summed E-state index contributed by atoms with van der Waals surface area (Å²) in [5.74, 6) is -7.54. The molecule has 0 aromatic rings. The minimum Gasteiger partial charge on any atom is -0.481 e. The quantitative estimate of drug-likeness (QED) is 0.203. The maximum Gasteiger partial charge on any atom is 0.316 e. The van der Waals surface area contributed by atoms with E-state index < -0.39 is 47.5 Å². The summed E-state index contributed by atoms with van der Waals surface area (Å²) in [6, 6.07) is 0. The number of aliphatic carboxylic acids is 2. The molecular weight excluding hydrogens is 384 g/mol. The van der Waals surface area contributed by atoms with E-state index in [1.807, 2.05) is 0 Å². The van der Waals surface area contributed by atoms with Gasteiger partial charge in [-0.15, -0.1) is 0 Å². The first-order chi connectivity index (χ1) is 13.0. The number of nitrogens with zero attached hydrogens (tertiary/aromatic N) is 2. The number of likely N-dealkylation sites (N-methyl/N-ethyl adjacent to an activating group) is 2. The number of Topliss-reactive ketones (excluding diaryl/α,β-unsaturated/α-hetero) is 2. The molecule has 4 atom stereocenters. The van der Waals surface area contributed by atoms with Crippen molar-refractivity contribution in [3.05, 3.63) is 0 Å². The molecule has 0 aromatic heterocycles. The first-order valence-corrected chi connectivity index (χ1v) is 9.44. The van der Waals surface area contributed by atoms with Gasteiger partial charge in [0.1, 0.15) is 48.7 Å². The molecule has 0 aliphatic heterocycles. The summed E-state index contributed by atoms with van der Waals surface area (Å²) in [4.78, 5) is 47.4. The molecular formula is C19H36N2O8+2. The summed E-state index contributed by atoms with van der Waals surface area (Å²) in [5.41, 5.74) is 0. The van der Waals surface area contributed by atoms with Gasteiger partial charge in [-0.2, -0.15) is 0 Å². The smallest absolute Gasteiger partial charge is 0.316 e. The van der Waals surface area contributed by atoms with E-state index in [9.17, 15) is 39.6 Å². The van der Waals surface area contributed by atoms with E-state index in [1.165, 1.54) is 0 Å². The van der Waals surface area contributed by atoms with Crippen LogP contribution in [0.25, 0.3) is 0 Å². The Labute approximate surface area is 171 Å². The number of rotatable bonds is 14. The largest absolute Gasteiger partial charge is 0.481 e. The van der Waals surface area contributed by atoms with Gasteiger partial charge in [0.2, 0.25) is 0 Å². The van der Waals surface area contributed by atoms with Crippen LogP contribution in [-0.2, 0) is 19.2 Å². The number of quaternary nitrogens is 2. The van der Waals surface area contributed by atoms with E-state index in [0.29, 0.717) is 0 Å². The molecule has 0 saturated heterocycles. The fourth-order valence-corrected chi connectivity index (χ4v) is 3.11. The van der Waals surface area contributed by atoms with Crippen molar-refractivity contribution in [1.82, 2.24) is 0 Å². The average molecular weight is 421 g/mol. The highest BCUT2D eigenvalue weighted by Crippen LogP contribution is 2.17. The molecule has 0 aromatic carbocycles. The first-order valence-electron chi connectivity index (χ1n) is 9.44. The molecule has 0 aliphatic carbocycles. The number of carboxylic acids is 2. The number of aliphatic hydroxyl groups is 2. The third-order valence-electron chi connectivity index (χ3n) is 4.31. The minimum atomic E-state index is -1.61. The average Bonchev–Trinajstić information content (AvgIpc) is 2.42. The second-order valence-corrected chi connectivity index (χ2v) is 9.50. The molecule has 0 fully saturated rings. The molecule has 4 N–H and O–H groups in total. The topological polar surface area (TPSA) is 149 Å². The van der Waals surface area contributed by atoms with Gasteiger partial charge >= 0.3 is 11.9 Å². The van der Waals surface area contributed by atoms with Crippen LogP contribution in [0.3, 0.4) is 0 Å². The van der Waals surface area contributed by atoms with Gasteiger partial charge in [-0.1, -0.05) is 0 Å². The fourth-order valence-electron chi connectivity index (χ4n) is 3.11. The molecule has 0 spiro atoms. The van der Waals surface area contributed by atoms with Crippen LogP contribution in [0.1, 0.15) is 19.3 Å². The summed E-state index contributed by atoms with van der Waals surface area (Å²) in [7, 11) is 10.5. The van der Waals surface area contributed by atoms with Crippen molar-refractivity contribution in [1.29, 1.82) is 0 Å². The molecule has 29 heavy (non-hydrogen) atoms. The van der Waals surface area contributed by atoms with Crippen molar-refractivity contribution in [3.8, 4) is 0 Å². The zero-order valence-electron chi connectivity index (χ0n) is 18.2. The SMILES string of the molecule is C[N+](C)(C)CC(O)C(C(=O)O)C(=O)CCCC(=O)C(C(=O)O)C(O)C[N+](C)(C)C. The predicted molar refractivity (Wildman–Crippen MR) is 104 cm³/mol. The van der Waals surface area contributed by atoms with Crippen LogP contribution >= 0.6 is 0 Å². The molecule has 0 bridgehead atoms. The summed E-state index contributed by atoms with van der Waals surface area (Å²) in [5, 5.41) is 38.9. The van der Waals surface area contributed by atoms with Crippen LogP contribution in [0, 0.1) is 11.8 Å². The van der Waals surface area contributed by atoms with Gasteiger partial charge in [-0.25, -0.2) is 0 Å². The third-order valence-corrected chi connectivity index (χ3v) is 4.31. The van der Waals surface area contributed by atoms with Crippen LogP contribution in [0.4, 0.5) is 0 Å². The van der Waals surface area contributed by atoms with E-state index in [1.54, 1.807) is 42.3 Å². The summed E-state index contributed by atoms with van der Waals surface area (Å²) in [6.07, 6.45) is -3.38. The van der Waals surface area contributed by atoms with Gasteiger partial charge < -0.3 is 29.4 Å². The molecule has 10 heteroatoms. The van der Waals surface area contributed by atoms with Crippen molar-refractivity contribution in [3.63, 3.8) is 0 Å². The molecule has 168 valence electrons. The number of ketones is 2. The number of aliphatic hydroxyl groups excluding tert-OH is 2. The van der Waals surface area contributed by atoms with E-state index in [2.05, 4.69) is 0 Å². The maximum atomic E-state index is 12.3. The highest BCUT2D eigenvalue weighted by atomic mass is 16.4. The molecule has 0 radical (unpaired) electrons. The van der Waals surface area contributed by atoms with Crippen molar-refractivity contribution in [2.75, 3.05) is 55.4 Å². The monoisotopic (exact) mass is 420 g/mol. The molecule has 10 nitrogen and oxygen atoms in total. The standard InChI is InChI=1S/C19H34N2O8/c1-20(2,3)10-14(24)16(18(26)27)12(22)8-7-9-13(23)17(19(28)29)15(25)11-21(4,5)6/h14-17,24-25H,7-11H2,1-6H3/p+2. The Balaban J connectivity index is 4.95. The van der Waals surface area contributed by atoms with E-state index in [-0.39, 0.29) is 41.3 Å². The van der Waals surface area contributed by atoms with Gasteiger partial charge in [-0.05, 0) is 6.42 Å². The number of hydrogen-bond acceptors (Lipinski definition) is 6. The normalized spacial score (nSPS) is 16.6. The minimum absolute atomic E-state index is 0.0555. The van der Waals surface area contributed by atoms with Crippen LogP contribution in [0.5, 0.6) is 0 Å². The van der Waals surface area contributed by atoms with Crippen LogP contribution in [0.2, 0.25) is 0 Å². The summed E-state index contributed by atoms with van der Waals surface area (Å²) >= 11 is 0. The van der Waals surface area contributed by atoms with Gasteiger partial charge in [0.15, 0.2) is 0 Å². The Morgan fingerprint density at radius 2 is 0.931 bits per heavy atom. The fraction of sp³-hybridized carbons (Fsp3) is 0.789. The Kier molecular flexibility index (Phi) is 10.1. The number of carboxylic acid groups (broad SMARTS) is 2. The van der Waals surface area contributed by atoms with Crippen molar-refractivity contribution >= 4 is 23.5 Å². The lowest BCUT2D eigenvalue weighted by Gasteiger charge is -2.29. The predicted octanol–water partition coefficient (Wildman–Crippen LogP) is -1.17. The van der Waals surface area contributed by atoms with Gasteiger partial charge in [-0.3, -0.25) is 19.2 Å². The highest BCUT2D eigenvalue weighted by Gasteiger charge is 2.38. The molecule has 0 amide bonds. The molecule has 0 heterocycles. The van der Waals surface area contributed by atoms with Gasteiger partial charge in [0, 0.05) is 12.8 Å². The number of hydrogen-bond donors (Lipinski definition) is 4. The zero-order chi connectivity index (χ0) is 23.2. The van der Waals surface area contributed by atoms with Crippen LogP contribution in [-0.4, -0.2) is 120 Å². The van der Waals surface area contributed by atoms with Gasteiger partial charge in [0.05, 0.1) is 42.3 Å². The third kappa shape index (κ3) is 10.5. The molecule has 4 unspecified atom stereocenters. The first kappa shape index (κ1) is 27.1. The van der Waals surface area contributed by atoms with Crippen LogP contribution in [0.15, 0.2) is 0 Å². The van der Waals surface area contributed by atoms with Crippen LogP contribution < -0.4 is 0 Å². The van der Waals surface area contributed by atoms with Crippen molar-refractivity contribution in [2.24, 2.45) is 11.8 Å². The summed E-state index contributed by atoms with van der Waals surface area (Å²) < 4.78 is 0.530. The Morgan fingerprint density at radius 3 is 1.14 bits per heavy atom. The second-order valence-electron chi connectivity index (χ2n) is 9.50. The molecule has 0 rings (SSSR count). The van der Waals surface area contributed by atoms with E-state index in [4.69, 9.17) is 0 Å².